The fraction of sp³-hybridized carbons (Fsp3) is 0.222. The zero-order chi connectivity index (χ0) is 17.6. The van der Waals surface area contributed by atoms with Gasteiger partial charge in [0.1, 0.15) is 5.01 Å². The Hall–Kier alpha value is -0.850. The lowest BCUT2D eigenvalue weighted by Gasteiger charge is -2.12. The smallest absolute Gasteiger partial charge is 0.165 e. The van der Waals surface area contributed by atoms with Crippen molar-refractivity contribution in [2.24, 2.45) is 0 Å². The molecule has 0 radical (unpaired) electrons. The first kappa shape index (κ1) is 17.6. The van der Waals surface area contributed by atoms with Gasteiger partial charge in [-0.05, 0) is 42.9 Å². The zero-order valence-electron chi connectivity index (χ0n) is 13.3. The molecule has 4 rings (SSSR count). The third-order valence-corrected chi connectivity index (χ3v) is 8.07. The Kier molecular flexibility index (Phi) is 4.95. The molecule has 0 saturated carbocycles. The first-order valence-corrected chi connectivity index (χ1v) is 11.4. The molecule has 0 N–H and O–H groups in total. The second-order valence-corrected chi connectivity index (χ2v) is 9.51. The van der Waals surface area contributed by atoms with Crippen LogP contribution in [-0.4, -0.2) is 17.0 Å². The summed E-state index contributed by atoms with van der Waals surface area (Å²) in [5.41, 5.74) is 3.82. The third kappa shape index (κ3) is 3.17. The van der Waals surface area contributed by atoms with Crippen molar-refractivity contribution in [1.82, 2.24) is 4.98 Å². The average Bonchev–Trinajstić information content (AvgIpc) is 3.20. The molecule has 7 heteroatoms. The number of carbonyl (C=O) groups is 1. The fourth-order valence-corrected chi connectivity index (χ4v) is 6.60. The van der Waals surface area contributed by atoms with Crippen molar-refractivity contribution < 1.29 is 4.79 Å². The van der Waals surface area contributed by atoms with Crippen LogP contribution in [0.4, 0.5) is 0 Å². The summed E-state index contributed by atoms with van der Waals surface area (Å²) in [6, 6.07) is 5.44. The van der Waals surface area contributed by atoms with Gasteiger partial charge in [-0.15, -0.1) is 34.4 Å². The fourth-order valence-electron chi connectivity index (χ4n) is 3.03. The topological polar surface area (TPSA) is 30.0 Å². The van der Waals surface area contributed by atoms with Gasteiger partial charge in [-0.1, -0.05) is 23.2 Å². The van der Waals surface area contributed by atoms with E-state index < -0.39 is 0 Å². The summed E-state index contributed by atoms with van der Waals surface area (Å²) < 4.78 is 1.11. The number of fused-ring (bicyclic) bond motifs is 1. The number of rotatable bonds is 3. The molecule has 0 spiro atoms. The van der Waals surface area contributed by atoms with Crippen LogP contribution in [0.2, 0.25) is 10.0 Å². The standard InChI is InChI=1S/C18H13Cl2NOS3/c1-23-18-15-11(3-2-4-14(15)22)16(25-18)17-21-13(8-24-17)10-6-5-9(19)7-12(10)20/h5-8H,2-4H2,1H3. The van der Waals surface area contributed by atoms with Gasteiger partial charge in [-0.2, -0.15) is 0 Å². The molecule has 2 aromatic heterocycles. The third-order valence-electron chi connectivity index (χ3n) is 4.18. The minimum absolute atomic E-state index is 0.269. The molecule has 0 amide bonds. The predicted octanol–water partition coefficient (Wildman–Crippen LogP) is 7.09. The summed E-state index contributed by atoms with van der Waals surface area (Å²) in [6.45, 7) is 0. The molecule has 0 atom stereocenters. The lowest BCUT2D eigenvalue weighted by atomic mass is 9.93. The van der Waals surface area contributed by atoms with Crippen molar-refractivity contribution in [1.29, 1.82) is 0 Å². The highest BCUT2D eigenvalue weighted by Gasteiger charge is 2.28. The molecular weight excluding hydrogens is 413 g/mol. The molecule has 1 aromatic carbocycles. The Bertz CT molecular complexity index is 977. The molecule has 128 valence electrons. The summed E-state index contributed by atoms with van der Waals surface area (Å²) in [7, 11) is 0. The molecule has 2 heterocycles. The van der Waals surface area contributed by atoms with Crippen LogP contribution in [0.3, 0.4) is 0 Å². The second kappa shape index (κ2) is 7.05. The van der Waals surface area contributed by atoms with Crippen molar-refractivity contribution in [3.8, 4) is 21.1 Å². The van der Waals surface area contributed by atoms with Gasteiger partial charge in [0, 0.05) is 28.0 Å². The Morgan fingerprint density at radius 3 is 2.84 bits per heavy atom. The molecule has 1 aliphatic carbocycles. The first-order valence-electron chi connectivity index (χ1n) is 7.72. The average molecular weight is 426 g/mol. The molecule has 0 fully saturated rings. The Labute approximate surface area is 168 Å². The monoisotopic (exact) mass is 425 g/mol. The molecule has 25 heavy (non-hydrogen) atoms. The summed E-state index contributed by atoms with van der Waals surface area (Å²) in [5.74, 6) is 0.269. The largest absolute Gasteiger partial charge is 0.294 e. The number of hydrogen-bond acceptors (Lipinski definition) is 5. The number of nitrogens with zero attached hydrogens (tertiary/aromatic N) is 1. The Balaban J connectivity index is 1.80. The lowest BCUT2D eigenvalue weighted by molar-refractivity contribution is 0.0970. The molecule has 0 unspecified atom stereocenters. The van der Waals surface area contributed by atoms with Crippen LogP contribution in [0, 0.1) is 0 Å². The maximum atomic E-state index is 12.4. The number of thiazole rings is 1. The van der Waals surface area contributed by atoms with Crippen molar-refractivity contribution in [3.05, 3.63) is 44.8 Å². The van der Waals surface area contributed by atoms with Gasteiger partial charge in [0.25, 0.3) is 0 Å². The van der Waals surface area contributed by atoms with Crippen molar-refractivity contribution in [2.75, 3.05) is 6.26 Å². The quantitative estimate of drug-likeness (QED) is 0.419. The van der Waals surface area contributed by atoms with E-state index in [9.17, 15) is 4.79 Å². The summed E-state index contributed by atoms with van der Waals surface area (Å²) >= 11 is 17.2. The number of aromatic nitrogens is 1. The minimum atomic E-state index is 0.269. The number of benzene rings is 1. The van der Waals surface area contributed by atoms with E-state index in [2.05, 4.69) is 0 Å². The lowest BCUT2D eigenvalue weighted by Crippen LogP contribution is -2.09. The molecule has 0 saturated heterocycles. The van der Waals surface area contributed by atoms with Crippen LogP contribution in [0.15, 0.2) is 27.8 Å². The van der Waals surface area contributed by atoms with E-state index in [-0.39, 0.29) is 5.78 Å². The van der Waals surface area contributed by atoms with E-state index in [0.29, 0.717) is 16.5 Å². The highest BCUT2D eigenvalue weighted by molar-refractivity contribution is 8.00. The van der Waals surface area contributed by atoms with E-state index in [1.165, 1.54) is 5.56 Å². The van der Waals surface area contributed by atoms with Crippen LogP contribution in [0.5, 0.6) is 0 Å². The van der Waals surface area contributed by atoms with Gasteiger partial charge in [0.2, 0.25) is 0 Å². The van der Waals surface area contributed by atoms with Gasteiger partial charge in [-0.25, -0.2) is 4.98 Å². The minimum Gasteiger partial charge on any atom is -0.294 e. The van der Waals surface area contributed by atoms with E-state index in [1.54, 1.807) is 40.5 Å². The SMILES string of the molecule is CSc1sc(-c2nc(-c3ccc(Cl)cc3Cl)cs2)c2c1C(=O)CCC2. The summed E-state index contributed by atoms with van der Waals surface area (Å²) in [4.78, 5) is 18.3. The summed E-state index contributed by atoms with van der Waals surface area (Å²) in [5, 5.41) is 4.18. The van der Waals surface area contributed by atoms with Crippen molar-refractivity contribution in [3.63, 3.8) is 0 Å². The van der Waals surface area contributed by atoms with Gasteiger partial charge >= 0.3 is 0 Å². The number of Topliss-reactive ketones (excluding diaryl/α,β-unsaturated/α-hetero) is 1. The molecular formula is C18H13Cl2NOS3. The molecule has 1 aliphatic rings. The number of thioether (sulfide) groups is 1. The number of ketones is 1. The Morgan fingerprint density at radius 1 is 1.24 bits per heavy atom. The van der Waals surface area contributed by atoms with Crippen LogP contribution in [0.1, 0.15) is 28.8 Å². The number of hydrogen-bond donors (Lipinski definition) is 0. The normalized spacial score (nSPS) is 14.0. The number of carbonyl (C=O) groups excluding carboxylic acids is 1. The highest BCUT2D eigenvalue weighted by atomic mass is 35.5. The van der Waals surface area contributed by atoms with Crippen LogP contribution in [0.25, 0.3) is 21.1 Å². The zero-order valence-corrected chi connectivity index (χ0v) is 17.2. The van der Waals surface area contributed by atoms with Gasteiger partial charge in [0.05, 0.1) is 19.8 Å². The van der Waals surface area contributed by atoms with E-state index in [1.807, 2.05) is 23.8 Å². The van der Waals surface area contributed by atoms with Crippen LogP contribution < -0.4 is 0 Å². The summed E-state index contributed by atoms with van der Waals surface area (Å²) in [6.07, 6.45) is 4.55. The van der Waals surface area contributed by atoms with Gasteiger partial charge < -0.3 is 0 Å². The van der Waals surface area contributed by atoms with Crippen molar-refractivity contribution >= 4 is 63.4 Å². The number of thiophene rings is 1. The Morgan fingerprint density at radius 2 is 2.08 bits per heavy atom. The highest BCUT2D eigenvalue weighted by Crippen LogP contribution is 2.46. The van der Waals surface area contributed by atoms with Crippen molar-refractivity contribution in [2.45, 2.75) is 23.5 Å². The van der Waals surface area contributed by atoms with E-state index in [0.717, 1.165) is 43.8 Å². The van der Waals surface area contributed by atoms with E-state index >= 15 is 0 Å². The maximum Gasteiger partial charge on any atom is 0.165 e. The molecule has 2 nitrogen and oxygen atoms in total. The van der Waals surface area contributed by atoms with Gasteiger partial charge in [0.15, 0.2) is 5.78 Å². The van der Waals surface area contributed by atoms with Gasteiger partial charge in [-0.3, -0.25) is 4.79 Å². The molecule has 3 aromatic rings. The van der Waals surface area contributed by atoms with Crippen LogP contribution >= 0.6 is 57.6 Å². The number of halogens is 2. The molecule has 0 aliphatic heterocycles. The van der Waals surface area contributed by atoms with Crippen LogP contribution in [-0.2, 0) is 6.42 Å². The first-order chi connectivity index (χ1) is 12.1. The second-order valence-electron chi connectivity index (χ2n) is 5.72. The van der Waals surface area contributed by atoms with E-state index in [4.69, 9.17) is 28.2 Å². The maximum absolute atomic E-state index is 12.4. The molecule has 0 bridgehead atoms. The predicted molar refractivity (Wildman–Crippen MR) is 110 cm³/mol.